The van der Waals surface area contributed by atoms with Gasteiger partial charge in [-0.05, 0) is 18.6 Å². The van der Waals surface area contributed by atoms with Crippen molar-refractivity contribution in [1.82, 2.24) is 10.2 Å². The highest BCUT2D eigenvalue weighted by Gasteiger charge is 2.05. The number of nitrogens with zero attached hydrogens (tertiary/aromatic N) is 1. The number of H-pyrrole nitrogens is 1. The molecule has 0 aliphatic heterocycles. The van der Waals surface area contributed by atoms with E-state index < -0.39 is 0 Å². The number of aromatic amines is 1. The highest BCUT2D eigenvalue weighted by molar-refractivity contribution is 5.84. The summed E-state index contributed by atoms with van der Waals surface area (Å²) in [6.07, 6.45) is 0. The Morgan fingerprint density at radius 2 is 2.38 bits per heavy atom. The third-order valence-electron chi connectivity index (χ3n) is 2.09. The van der Waals surface area contributed by atoms with Crippen LogP contribution in [0.25, 0.3) is 10.9 Å². The van der Waals surface area contributed by atoms with Crippen LogP contribution in [-0.2, 0) is 11.4 Å². The van der Waals surface area contributed by atoms with Gasteiger partial charge in [0.05, 0.1) is 12.1 Å². The zero-order chi connectivity index (χ0) is 9.26. The van der Waals surface area contributed by atoms with Gasteiger partial charge in [0, 0.05) is 11.1 Å². The molecule has 2 rings (SSSR count). The van der Waals surface area contributed by atoms with E-state index in [9.17, 15) is 0 Å². The van der Waals surface area contributed by atoms with Gasteiger partial charge < -0.3 is 0 Å². The van der Waals surface area contributed by atoms with E-state index in [2.05, 4.69) is 15.0 Å². The fraction of sp³-hybridized carbons (Fsp3) is 0.222. The van der Waals surface area contributed by atoms with E-state index in [1.165, 1.54) is 0 Å². The van der Waals surface area contributed by atoms with E-state index in [-0.39, 0.29) is 0 Å². The van der Waals surface area contributed by atoms with E-state index in [4.69, 9.17) is 5.90 Å². The van der Waals surface area contributed by atoms with Crippen LogP contribution in [0.2, 0.25) is 0 Å². The largest absolute Gasteiger partial charge is 0.300 e. The molecule has 1 aromatic carbocycles. The van der Waals surface area contributed by atoms with Crippen molar-refractivity contribution in [3.63, 3.8) is 0 Å². The van der Waals surface area contributed by atoms with E-state index in [1.807, 2.05) is 25.1 Å². The average molecular weight is 177 g/mol. The Balaban J connectivity index is 2.65. The minimum atomic E-state index is 0.414. The topological polar surface area (TPSA) is 63.9 Å². The minimum Gasteiger partial charge on any atom is -0.300 e. The average Bonchev–Trinajstić information content (AvgIpc) is 2.50. The zero-order valence-electron chi connectivity index (χ0n) is 7.37. The second-order valence-corrected chi connectivity index (χ2v) is 2.97. The van der Waals surface area contributed by atoms with Crippen LogP contribution < -0.4 is 5.90 Å². The van der Waals surface area contributed by atoms with E-state index in [1.54, 1.807) is 0 Å². The number of nitrogens with one attached hydrogen (secondary N) is 1. The summed E-state index contributed by atoms with van der Waals surface area (Å²) in [6.45, 7) is 2.40. The lowest BCUT2D eigenvalue weighted by Gasteiger charge is -2.00. The first-order valence-corrected chi connectivity index (χ1v) is 4.07. The van der Waals surface area contributed by atoms with Crippen LogP contribution in [-0.4, -0.2) is 10.2 Å². The molecule has 68 valence electrons. The Morgan fingerprint density at radius 1 is 1.54 bits per heavy atom. The third-order valence-corrected chi connectivity index (χ3v) is 2.09. The highest BCUT2D eigenvalue weighted by Crippen LogP contribution is 2.20. The molecule has 1 heterocycles. The molecule has 0 amide bonds. The number of hydrogen-bond donors (Lipinski definition) is 2. The molecular formula is C9H11N3O. The molecule has 3 N–H and O–H groups in total. The van der Waals surface area contributed by atoms with Crippen molar-refractivity contribution < 1.29 is 4.84 Å². The summed E-state index contributed by atoms with van der Waals surface area (Å²) >= 11 is 0. The Kier molecular flexibility index (Phi) is 2.00. The molecule has 0 unspecified atom stereocenters. The minimum absolute atomic E-state index is 0.414. The second-order valence-electron chi connectivity index (χ2n) is 2.97. The van der Waals surface area contributed by atoms with Crippen molar-refractivity contribution in [3.8, 4) is 0 Å². The first kappa shape index (κ1) is 8.22. The molecule has 0 bridgehead atoms. The molecule has 1 aromatic heterocycles. The number of benzene rings is 1. The van der Waals surface area contributed by atoms with Gasteiger partial charge in [0.2, 0.25) is 0 Å². The molecule has 0 aliphatic rings. The van der Waals surface area contributed by atoms with Crippen LogP contribution in [0, 0.1) is 6.92 Å². The monoisotopic (exact) mass is 177 g/mol. The van der Waals surface area contributed by atoms with Gasteiger partial charge in [0.15, 0.2) is 0 Å². The Hall–Kier alpha value is -1.39. The molecule has 0 saturated heterocycles. The molecular weight excluding hydrogens is 166 g/mol. The molecule has 2 aromatic rings. The smallest absolute Gasteiger partial charge is 0.0937 e. The predicted octanol–water partition coefficient (Wildman–Crippen LogP) is 1.26. The van der Waals surface area contributed by atoms with Crippen molar-refractivity contribution in [2.45, 2.75) is 13.5 Å². The first-order valence-electron chi connectivity index (χ1n) is 4.07. The SMILES string of the molecule is Cc1[nH]nc2cccc(CON)c12. The van der Waals surface area contributed by atoms with Gasteiger partial charge in [-0.25, -0.2) is 5.90 Å². The number of aryl methyl sites for hydroxylation is 1. The maximum absolute atomic E-state index is 5.04. The first-order chi connectivity index (χ1) is 6.33. The van der Waals surface area contributed by atoms with Crippen molar-refractivity contribution in [1.29, 1.82) is 0 Å². The van der Waals surface area contributed by atoms with Crippen LogP contribution in [0.15, 0.2) is 18.2 Å². The summed E-state index contributed by atoms with van der Waals surface area (Å²) in [7, 11) is 0. The summed E-state index contributed by atoms with van der Waals surface area (Å²) in [5.74, 6) is 5.04. The van der Waals surface area contributed by atoms with Crippen molar-refractivity contribution in [2.75, 3.05) is 0 Å². The molecule has 0 spiro atoms. The lowest BCUT2D eigenvalue weighted by atomic mass is 10.1. The van der Waals surface area contributed by atoms with Crippen LogP contribution in [0.1, 0.15) is 11.3 Å². The fourth-order valence-corrected chi connectivity index (χ4v) is 1.52. The summed E-state index contributed by atoms with van der Waals surface area (Å²) in [6, 6.07) is 5.88. The van der Waals surface area contributed by atoms with Crippen LogP contribution >= 0.6 is 0 Å². The Morgan fingerprint density at radius 3 is 3.15 bits per heavy atom. The quantitative estimate of drug-likeness (QED) is 0.679. The molecule has 0 saturated carbocycles. The van der Waals surface area contributed by atoms with Gasteiger partial charge in [-0.1, -0.05) is 12.1 Å². The molecule has 0 fully saturated rings. The molecule has 4 heteroatoms. The van der Waals surface area contributed by atoms with Gasteiger partial charge in [-0.3, -0.25) is 9.94 Å². The van der Waals surface area contributed by atoms with Gasteiger partial charge in [-0.2, -0.15) is 5.10 Å². The van der Waals surface area contributed by atoms with E-state index in [0.29, 0.717) is 6.61 Å². The van der Waals surface area contributed by atoms with Gasteiger partial charge in [0.25, 0.3) is 0 Å². The molecule has 0 radical (unpaired) electrons. The van der Waals surface area contributed by atoms with Crippen LogP contribution in [0.5, 0.6) is 0 Å². The van der Waals surface area contributed by atoms with E-state index in [0.717, 1.165) is 22.2 Å². The molecule has 0 atom stereocenters. The second kappa shape index (κ2) is 3.16. The highest BCUT2D eigenvalue weighted by atomic mass is 16.6. The fourth-order valence-electron chi connectivity index (χ4n) is 1.52. The Labute approximate surface area is 75.6 Å². The number of aromatic nitrogens is 2. The van der Waals surface area contributed by atoms with Crippen LogP contribution in [0.3, 0.4) is 0 Å². The summed E-state index contributed by atoms with van der Waals surface area (Å²) in [5.41, 5.74) is 3.06. The summed E-state index contributed by atoms with van der Waals surface area (Å²) < 4.78 is 0. The third kappa shape index (κ3) is 1.30. The van der Waals surface area contributed by atoms with Crippen molar-refractivity contribution in [3.05, 3.63) is 29.5 Å². The van der Waals surface area contributed by atoms with Gasteiger partial charge in [-0.15, -0.1) is 0 Å². The molecule has 13 heavy (non-hydrogen) atoms. The zero-order valence-corrected chi connectivity index (χ0v) is 7.37. The molecule has 4 nitrogen and oxygen atoms in total. The summed E-state index contributed by atoms with van der Waals surface area (Å²) in [4.78, 5) is 4.62. The number of nitrogens with two attached hydrogens (primary N) is 1. The van der Waals surface area contributed by atoms with Crippen molar-refractivity contribution >= 4 is 10.9 Å². The van der Waals surface area contributed by atoms with Crippen molar-refractivity contribution in [2.24, 2.45) is 5.90 Å². The van der Waals surface area contributed by atoms with Gasteiger partial charge >= 0.3 is 0 Å². The number of hydrogen-bond acceptors (Lipinski definition) is 3. The van der Waals surface area contributed by atoms with Crippen LogP contribution in [0.4, 0.5) is 0 Å². The Bertz CT molecular complexity index is 422. The summed E-state index contributed by atoms with van der Waals surface area (Å²) in [5, 5.41) is 8.17. The number of fused-ring (bicyclic) bond motifs is 1. The predicted molar refractivity (Wildman–Crippen MR) is 49.8 cm³/mol. The molecule has 0 aliphatic carbocycles. The normalized spacial score (nSPS) is 10.9. The van der Waals surface area contributed by atoms with E-state index >= 15 is 0 Å². The lowest BCUT2D eigenvalue weighted by Crippen LogP contribution is -1.99. The maximum Gasteiger partial charge on any atom is 0.0937 e. The number of rotatable bonds is 2. The lowest BCUT2D eigenvalue weighted by molar-refractivity contribution is 0.125. The maximum atomic E-state index is 5.04. The van der Waals surface area contributed by atoms with Gasteiger partial charge in [0.1, 0.15) is 0 Å². The standard InChI is InChI=1S/C9H11N3O/c1-6-9-7(5-13-10)3-2-4-8(9)12-11-6/h2-4H,5,10H2,1H3,(H,11,12).